The predicted molar refractivity (Wildman–Crippen MR) is 351 cm³/mol. The number of aryl methyl sites for hydroxylation is 3. The molecular weight excluding hydrogens is 1350 g/mol. The third-order valence-corrected chi connectivity index (χ3v) is 13.2. The van der Waals surface area contributed by atoms with Crippen molar-refractivity contribution in [3.63, 3.8) is 0 Å². The van der Waals surface area contributed by atoms with Gasteiger partial charge in [0.15, 0.2) is 10.7 Å². The number of amides is 2. The van der Waals surface area contributed by atoms with Gasteiger partial charge in [-0.3, -0.25) is 24.5 Å². The molecule has 4 atom stereocenters. The molecule has 3 aromatic carbocycles. The fourth-order valence-corrected chi connectivity index (χ4v) is 8.96. The van der Waals surface area contributed by atoms with Gasteiger partial charge in [0.25, 0.3) is 5.91 Å². The molecule has 4 unspecified atom stereocenters. The van der Waals surface area contributed by atoms with Crippen LogP contribution in [0.4, 0.5) is 36.4 Å². The Hall–Kier alpha value is -5.16. The summed E-state index contributed by atoms with van der Waals surface area (Å²) in [6, 6.07) is 15.3. The van der Waals surface area contributed by atoms with Crippen LogP contribution in [-0.4, -0.2) is 162 Å². The first-order valence-corrected chi connectivity index (χ1v) is 34.1. The standard InChI is InChI=1S/C15H14Cl2F3N3O3.C15H22ClNO2.C11H11Cl2NO2.C9H16ClN5.C3H8NO5P.C3H9S/c1-3-26-13(24)10(17)4-8-5-12(11(18)6-9(8)16)23-15(25)22(14(19)20)7(2)21-23;1-5-13-8-6-7-11(2)15(13)17(14(18)9-16)12(3)10-19-4;1-7-6-16-9-5-3-2-4-8(9)14(7)11(15)10(12)13;1-5-11-7-12-6(10)13-8(14-7)15-9(2,3)4;5-3(6)1-4-2-10(7,8)9;1-4(2)3/h5-6,10,14H,3-4H2,1-2H3;6-8,12H,5,9-10H2,1-4H3;2-5,7,10H,6H2,1H3;5H2,1-4H3,(H2,11,12,13,14,15);4H,1-2H2,(H,5,6)(H2,7,8,9);1-3H3/q;;;;;+1/p-1. The van der Waals surface area contributed by atoms with Gasteiger partial charge in [0.05, 0.1) is 68.3 Å². The second kappa shape index (κ2) is 40.7. The SMILES string of the molecule is CC1COc2ccccc2N1C(=O)C(Cl)Cl.CCNc1nc(Cl)nc(NC(C)(C)C)n1.CCOC(=O)C(Cl)Cc1cc(-n2nc(C)n(C(F)F)c2=O)c(F)cc1Cl.CCc1cccc(C)c1N(C(=O)CCl)C(C)COC.C[S+](C)C.O=C(O)CNCP(=O)([O-])O. The Kier molecular flexibility index (Phi) is 37.5. The van der Waals surface area contributed by atoms with Gasteiger partial charge in [-0.05, 0) is 132 Å². The molecule has 504 valence electrons. The number of halogens is 9. The van der Waals surface area contributed by atoms with Crippen LogP contribution in [0.5, 0.6) is 5.75 Å². The molecule has 90 heavy (non-hydrogen) atoms. The maximum Gasteiger partial charge on any atom is 0.355 e. The smallest absolute Gasteiger partial charge is 0.355 e. The molecule has 1 aliphatic rings. The van der Waals surface area contributed by atoms with Crippen LogP contribution in [0.2, 0.25) is 10.3 Å². The molecule has 0 bridgehead atoms. The van der Waals surface area contributed by atoms with Crippen molar-refractivity contribution in [3.8, 4) is 11.4 Å². The lowest BCUT2D eigenvalue weighted by Crippen LogP contribution is -2.47. The molecule has 0 saturated heterocycles. The molecule has 0 saturated carbocycles. The molecule has 3 heterocycles. The molecule has 0 radical (unpaired) electrons. The number of fused-ring (bicyclic) bond motifs is 1. The molecular formula is C56H79Cl6F3N11O12PS. The van der Waals surface area contributed by atoms with Crippen molar-refractivity contribution in [3.05, 3.63) is 104 Å². The van der Waals surface area contributed by atoms with Crippen LogP contribution < -0.4 is 41.1 Å². The predicted octanol–water partition coefficient (Wildman–Crippen LogP) is 9.84. The lowest BCUT2D eigenvalue weighted by atomic mass is 10.0. The van der Waals surface area contributed by atoms with Gasteiger partial charge < -0.3 is 54.1 Å². The monoisotopic (exact) mass is 1430 g/mol. The fourth-order valence-electron chi connectivity index (χ4n) is 7.61. The zero-order valence-corrected chi connectivity index (χ0v) is 58.5. The van der Waals surface area contributed by atoms with E-state index in [4.69, 9.17) is 93.8 Å². The number of nitrogens with one attached hydrogen (secondary N) is 3. The van der Waals surface area contributed by atoms with Crippen LogP contribution in [0.3, 0.4) is 0 Å². The van der Waals surface area contributed by atoms with E-state index in [1.54, 1.807) is 23.8 Å². The first kappa shape index (κ1) is 82.9. The van der Waals surface area contributed by atoms with Gasteiger partial charge in [-0.2, -0.15) is 28.4 Å². The van der Waals surface area contributed by atoms with Gasteiger partial charge in [-0.25, -0.2) is 13.8 Å². The quantitative estimate of drug-likeness (QED) is 0.0209. The minimum absolute atomic E-state index is 0.0223. The van der Waals surface area contributed by atoms with Crippen molar-refractivity contribution in [1.82, 2.24) is 34.6 Å². The van der Waals surface area contributed by atoms with Crippen LogP contribution in [0.15, 0.2) is 59.4 Å². The zero-order chi connectivity index (χ0) is 69.0. The van der Waals surface area contributed by atoms with E-state index in [2.05, 4.69) is 62.4 Å². The number of aliphatic carboxylic acids is 1. The number of hydrogen-bond acceptors (Lipinski definition) is 17. The van der Waals surface area contributed by atoms with Gasteiger partial charge in [-0.15, -0.1) is 28.3 Å². The van der Waals surface area contributed by atoms with Crippen LogP contribution in [0.1, 0.15) is 84.5 Å². The number of ether oxygens (including phenoxy) is 3. The molecule has 1 aliphatic heterocycles. The zero-order valence-electron chi connectivity index (χ0n) is 52.3. The Bertz CT molecular complexity index is 3200. The summed E-state index contributed by atoms with van der Waals surface area (Å²) in [5.41, 5.74) is 2.46. The Balaban J connectivity index is 0.000000570. The highest BCUT2D eigenvalue weighted by atomic mass is 35.5. The van der Waals surface area contributed by atoms with E-state index in [9.17, 15) is 46.6 Å². The van der Waals surface area contributed by atoms with Crippen LogP contribution in [0, 0.1) is 19.7 Å². The van der Waals surface area contributed by atoms with E-state index >= 15 is 0 Å². The maximum atomic E-state index is 14.2. The summed E-state index contributed by atoms with van der Waals surface area (Å²) in [4.78, 5) is 90.0. The summed E-state index contributed by atoms with van der Waals surface area (Å²) in [6.45, 7) is 17.0. The number of carbonyl (C=O) groups excluding carboxylic acids is 3. The molecule has 0 spiro atoms. The minimum atomic E-state index is -4.35. The third kappa shape index (κ3) is 29.2. The summed E-state index contributed by atoms with van der Waals surface area (Å²) in [7, 11) is -2.07. The highest BCUT2D eigenvalue weighted by Crippen LogP contribution is 2.35. The summed E-state index contributed by atoms with van der Waals surface area (Å²) >= 11 is 34.7. The number of alkyl halides is 6. The number of aromatic nitrogens is 6. The molecule has 6 rings (SSSR count). The first-order valence-electron chi connectivity index (χ1n) is 27.3. The topological polar surface area (TPSA) is 298 Å². The van der Waals surface area contributed by atoms with Crippen molar-refractivity contribution in [2.24, 2.45) is 0 Å². The Morgan fingerprint density at radius 2 is 1.58 bits per heavy atom. The second-order valence-corrected chi connectivity index (χ2v) is 27.2. The number of carboxylic acid groups (broad SMARTS) is 1. The summed E-state index contributed by atoms with van der Waals surface area (Å²) in [5, 5.41) is 18.8. The number of carbonyl (C=O) groups is 4. The average molecular weight is 1430 g/mol. The van der Waals surface area contributed by atoms with Crippen molar-refractivity contribution in [2.45, 2.75) is 116 Å². The van der Waals surface area contributed by atoms with Crippen LogP contribution in [-0.2, 0) is 57.0 Å². The maximum absolute atomic E-state index is 14.2. The molecule has 34 heteroatoms. The molecule has 5 aromatic rings. The Morgan fingerprint density at radius 3 is 2.09 bits per heavy atom. The highest BCUT2D eigenvalue weighted by Gasteiger charge is 2.32. The van der Waals surface area contributed by atoms with Gasteiger partial charge in [0.2, 0.25) is 23.1 Å². The van der Waals surface area contributed by atoms with Gasteiger partial charge >= 0.3 is 24.2 Å². The molecule has 0 aliphatic carbocycles. The lowest BCUT2D eigenvalue weighted by Gasteiger charge is -2.35. The van der Waals surface area contributed by atoms with Crippen LogP contribution in [0.25, 0.3) is 5.69 Å². The number of benzene rings is 3. The van der Waals surface area contributed by atoms with Gasteiger partial charge in [0, 0.05) is 30.6 Å². The number of nitrogens with zero attached hydrogens (tertiary/aromatic N) is 8. The van der Waals surface area contributed by atoms with E-state index in [1.807, 2.05) is 90.2 Å². The molecule has 2 aromatic heterocycles. The van der Waals surface area contributed by atoms with E-state index in [0.717, 1.165) is 47.6 Å². The number of rotatable bonds is 20. The van der Waals surface area contributed by atoms with E-state index in [0.29, 0.717) is 46.4 Å². The number of esters is 1. The number of carboxylic acids is 1. The number of anilines is 4. The lowest BCUT2D eigenvalue weighted by molar-refractivity contribution is -0.193. The van der Waals surface area contributed by atoms with Crippen molar-refractivity contribution in [2.75, 3.05) is 91.4 Å². The van der Waals surface area contributed by atoms with Gasteiger partial charge in [-0.1, -0.05) is 72.1 Å². The molecule has 0 fully saturated rings. The second-order valence-electron chi connectivity index (χ2n) is 20.5. The molecule has 5 N–H and O–H groups in total. The number of methoxy groups -OCH3 is 1. The molecule has 23 nitrogen and oxygen atoms in total. The number of hydrogen-bond donors (Lipinski definition) is 5. The van der Waals surface area contributed by atoms with Crippen molar-refractivity contribution in [1.29, 1.82) is 0 Å². The average Bonchev–Trinajstić information content (AvgIpc) is 2.54. The highest BCUT2D eigenvalue weighted by molar-refractivity contribution is 7.94. The minimum Gasteiger partial charge on any atom is -0.778 e. The van der Waals surface area contributed by atoms with E-state index in [1.165, 1.54) is 6.92 Å². The fraction of sp³-hybridized carbons (Fsp3) is 0.518. The third-order valence-electron chi connectivity index (χ3n) is 11.1. The first-order chi connectivity index (χ1) is 41.9. The molecule has 2 amide bonds. The number of para-hydroxylation sites is 3. The largest absolute Gasteiger partial charge is 0.778 e. The summed E-state index contributed by atoms with van der Waals surface area (Å²) in [5.74, 6) is -1.86. The normalized spacial score (nSPS) is 13.7. The van der Waals surface area contributed by atoms with E-state index < -0.39 is 60.6 Å². The summed E-state index contributed by atoms with van der Waals surface area (Å²) < 4.78 is 66.1. The Morgan fingerprint density at radius 1 is 0.967 bits per heavy atom. The van der Waals surface area contributed by atoms with Crippen LogP contribution >= 0.6 is 77.2 Å². The van der Waals surface area contributed by atoms with Crippen molar-refractivity contribution < 1.29 is 66.0 Å². The summed E-state index contributed by atoms with van der Waals surface area (Å²) in [6.07, 6.45) is 6.64. The Labute approximate surface area is 555 Å². The van der Waals surface area contributed by atoms with Gasteiger partial charge in [0.1, 0.15) is 42.7 Å². The van der Waals surface area contributed by atoms with Crippen molar-refractivity contribution >= 4 is 135 Å². The van der Waals surface area contributed by atoms with E-state index in [-0.39, 0.29) is 80.3 Å².